The van der Waals surface area contributed by atoms with Crippen LogP contribution in [-0.4, -0.2) is 12.6 Å². The van der Waals surface area contributed by atoms with E-state index in [1.165, 1.54) is 22.5 Å². The first-order valence-corrected chi connectivity index (χ1v) is 11.1. The van der Waals surface area contributed by atoms with Gasteiger partial charge < -0.3 is 10.5 Å². The molecule has 1 aliphatic carbocycles. The van der Waals surface area contributed by atoms with Crippen LogP contribution in [0.25, 0.3) is 0 Å². The van der Waals surface area contributed by atoms with Crippen molar-refractivity contribution in [2.75, 3.05) is 12.3 Å². The van der Waals surface area contributed by atoms with Crippen molar-refractivity contribution in [3.8, 4) is 0 Å². The van der Waals surface area contributed by atoms with E-state index in [2.05, 4.69) is 24.3 Å². The minimum Gasteiger partial charge on any atom is -0.462 e. The molecule has 1 aliphatic rings. The lowest BCUT2D eigenvalue weighted by molar-refractivity contribution is 0.0526. The van der Waals surface area contributed by atoms with E-state index < -0.39 is 0 Å². The van der Waals surface area contributed by atoms with Gasteiger partial charge in [0.1, 0.15) is 5.00 Å². The van der Waals surface area contributed by atoms with Gasteiger partial charge in [0.15, 0.2) is 0 Å². The van der Waals surface area contributed by atoms with Gasteiger partial charge >= 0.3 is 5.97 Å². The molecular formula is C23H21Cl2NO2S. The van der Waals surface area contributed by atoms with Gasteiger partial charge in [0, 0.05) is 20.8 Å². The summed E-state index contributed by atoms with van der Waals surface area (Å²) in [6.45, 7) is 2.13. The van der Waals surface area contributed by atoms with Crippen molar-refractivity contribution in [1.29, 1.82) is 0 Å². The molecule has 0 saturated heterocycles. The first-order chi connectivity index (χ1) is 14.0. The van der Waals surface area contributed by atoms with Crippen molar-refractivity contribution in [3.05, 3.63) is 85.7 Å². The summed E-state index contributed by atoms with van der Waals surface area (Å²) < 4.78 is 5.30. The maximum atomic E-state index is 12.6. The lowest BCUT2D eigenvalue weighted by Gasteiger charge is -2.30. The monoisotopic (exact) mass is 445 g/mol. The first-order valence-electron chi connectivity index (χ1n) is 9.57. The molecule has 0 saturated carbocycles. The zero-order chi connectivity index (χ0) is 20.5. The van der Waals surface area contributed by atoms with Crippen LogP contribution < -0.4 is 5.73 Å². The second-order valence-corrected chi connectivity index (χ2v) is 9.15. The fourth-order valence-electron chi connectivity index (χ4n) is 4.11. The van der Waals surface area contributed by atoms with E-state index >= 15 is 0 Å². The van der Waals surface area contributed by atoms with Gasteiger partial charge in [-0.1, -0.05) is 47.5 Å². The van der Waals surface area contributed by atoms with Crippen molar-refractivity contribution >= 4 is 45.5 Å². The van der Waals surface area contributed by atoms with Gasteiger partial charge in [0.2, 0.25) is 0 Å². The molecular weight excluding hydrogens is 425 g/mol. The average molecular weight is 446 g/mol. The average Bonchev–Trinajstić information content (AvgIpc) is 3.04. The third kappa shape index (κ3) is 4.02. The number of nitrogens with two attached hydrogens (primary N) is 1. The fourth-order valence-corrected chi connectivity index (χ4v) is 5.59. The van der Waals surface area contributed by atoms with Crippen LogP contribution in [0.1, 0.15) is 57.1 Å². The number of halogens is 2. The molecule has 3 nitrogen and oxygen atoms in total. The quantitative estimate of drug-likeness (QED) is 0.455. The Morgan fingerprint density at radius 3 is 2.24 bits per heavy atom. The number of carbonyl (C=O) groups is 1. The van der Waals surface area contributed by atoms with E-state index in [0.29, 0.717) is 27.2 Å². The highest BCUT2D eigenvalue weighted by Crippen LogP contribution is 2.49. The van der Waals surface area contributed by atoms with Gasteiger partial charge in [-0.05, 0) is 66.6 Å². The predicted octanol–water partition coefficient (Wildman–Crippen LogP) is 6.68. The molecule has 0 bridgehead atoms. The molecule has 0 amide bonds. The number of esters is 1. The smallest absolute Gasteiger partial charge is 0.341 e. The highest BCUT2D eigenvalue weighted by Gasteiger charge is 2.35. The van der Waals surface area contributed by atoms with Gasteiger partial charge in [-0.25, -0.2) is 4.79 Å². The number of hydrogen-bond donors (Lipinski definition) is 1. The van der Waals surface area contributed by atoms with Gasteiger partial charge in [-0.3, -0.25) is 0 Å². The lowest BCUT2D eigenvalue weighted by Crippen LogP contribution is -2.19. The van der Waals surface area contributed by atoms with Crippen LogP contribution >= 0.6 is 34.5 Å². The van der Waals surface area contributed by atoms with E-state index in [4.69, 9.17) is 33.7 Å². The van der Waals surface area contributed by atoms with E-state index in [-0.39, 0.29) is 17.8 Å². The molecule has 150 valence electrons. The summed E-state index contributed by atoms with van der Waals surface area (Å²) in [7, 11) is 0. The third-order valence-corrected chi connectivity index (χ3v) is 7.12. The Hall–Kier alpha value is -2.01. The van der Waals surface area contributed by atoms with Crippen LogP contribution in [0.3, 0.4) is 0 Å². The number of fused-ring (bicyclic) bond motifs is 1. The molecule has 3 aromatic rings. The number of nitrogen functional groups attached to an aromatic ring is 1. The summed E-state index contributed by atoms with van der Waals surface area (Å²) in [5, 5.41) is 1.95. The molecule has 2 N–H and O–H groups in total. The molecule has 0 radical (unpaired) electrons. The van der Waals surface area contributed by atoms with Crippen LogP contribution in [0.15, 0.2) is 48.5 Å². The number of carbonyl (C=O) groups excluding carboxylic acids is 1. The summed E-state index contributed by atoms with van der Waals surface area (Å²) in [4.78, 5) is 13.8. The lowest BCUT2D eigenvalue weighted by atomic mass is 9.74. The minimum atomic E-state index is -0.339. The zero-order valence-corrected chi connectivity index (χ0v) is 18.3. The Morgan fingerprint density at radius 1 is 1.07 bits per heavy atom. The number of thiophene rings is 1. The number of anilines is 1. The van der Waals surface area contributed by atoms with Crippen LogP contribution in [0.2, 0.25) is 10.0 Å². The van der Waals surface area contributed by atoms with Gasteiger partial charge in [-0.15, -0.1) is 11.3 Å². The standard InChI is InChI=1S/C23H21Cl2NO2S/c1-2-28-23(27)20-19-12-15(13-3-7-16(24)8-4-13)11-18(21(19)29-22(20)26)14-5-9-17(25)10-6-14/h3-10,15,18H,2,11-12,26H2,1H3. The Bertz CT molecular complexity index is 1030. The first kappa shape index (κ1) is 20.3. The van der Waals surface area contributed by atoms with E-state index in [9.17, 15) is 4.79 Å². The molecule has 4 rings (SSSR count). The van der Waals surface area contributed by atoms with Crippen molar-refractivity contribution in [2.45, 2.75) is 31.6 Å². The molecule has 1 heterocycles. The summed E-state index contributed by atoms with van der Waals surface area (Å²) in [6, 6.07) is 15.9. The van der Waals surface area contributed by atoms with Crippen molar-refractivity contribution < 1.29 is 9.53 Å². The topological polar surface area (TPSA) is 52.3 Å². The summed E-state index contributed by atoms with van der Waals surface area (Å²) in [5.74, 6) is 0.0592. The Labute approximate surface area is 184 Å². The second-order valence-electron chi connectivity index (χ2n) is 7.20. The fraction of sp³-hybridized carbons (Fsp3) is 0.261. The maximum absolute atomic E-state index is 12.6. The maximum Gasteiger partial charge on any atom is 0.341 e. The third-order valence-electron chi connectivity index (χ3n) is 5.45. The molecule has 0 aliphatic heterocycles. The number of rotatable bonds is 4. The summed E-state index contributed by atoms with van der Waals surface area (Å²) >= 11 is 13.7. The normalized spacial score (nSPS) is 18.3. The minimum absolute atomic E-state index is 0.146. The highest BCUT2D eigenvalue weighted by atomic mass is 35.5. The van der Waals surface area contributed by atoms with Crippen LogP contribution in [0.5, 0.6) is 0 Å². The molecule has 2 atom stereocenters. The molecule has 29 heavy (non-hydrogen) atoms. The molecule has 2 aromatic carbocycles. The van der Waals surface area contributed by atoms with Gasteiger partial charge in [-0.2, -0.15) is 0 Å². The predicted molar refractivity (Wildman–Crippen MR) is 120 cm³/mol. The van der Waals surface area contributed by atoms with E-state index in [1.807, 2.05) is 24.3 Å². The molecule has 0 spiro atoms. The van der Waals surface area contributed by atoms with E-state index in [1.54, 1.807) is 6.92 Å². The second kappa shape index (κ2) is 8.39. The van der Waals surface area contributed by atoms with Gasteiger partial charge in [0.25, 0.3) is 0 Å². The Balaban J connectivity index is 1.82. The Morgan fingerprint density at radius 2 is 1.66 bits per heavy atom. The van der Waals surface area contributed by atoms with Crippen LogP contribution in [0.4, 0.5) is 5.00 Å². The molecule has 6 heteroatoms. The number of hydrogen-bond acceptors (Lipinski definition) is 4. The SMILES string of the molecule is CCOC(=O)c1c(N)sc2c1CC(c1ccc(Cl)cc1)CC2c1ccc(Cl)cc1. The van der Waals surface area contributed by atoms with E-state index in [0.717, 1.165) is 23.3 Å². The van der Waals surface area contributed by atoms with Gasteiger partial charge in [0.05, 0.1) is 12.2 Å². The largest absolute Gasteiger partial charge is 0.462 e. The highest BCUT2D eigenvalue weighted by molar-refractivity contribution is 7.16. The van der Waals surface area contributed by atoms with Crippen LogP contribution in [-0.2, 0) is 11.2 Å². The molecule has 1 aromatic heterocycles. The summed E-state index contributed by atoms with van der Waals surface area (Å²) in [5.41, 5.74) is 10.2. The van der Waals surface area contributed by atoms with Crippen LogP contribution in [0, 0.1) is 0 Å². The van der Waals surface area contributed by atoms with Crippen molar-refractivity contribution in [3.63, 3.8) is 0 Å². The Kier molecular flexibility index (Phi) is 5.86. The van der Waals surface area contributed by atoms with Crippen molar-refractivity contribution in [2.24, 2.45) is 0 Å². The number of benzene rings is 2. The molecule has 2 unspecified atom stereocenters. The summed E-state index contributed by atoms with van der Waals surface area (Å²) in [6.07, 6.45) is 1.68. The number of ether oxygens (including phenoxy) is 1. The molecule has 0 fully saturated rings. The van der Waals surface area contributed by atoms with Crippen molar-refractivity contribution in [1.82, 2.24) is 0 Å². The zero-order valence-electron chi connectivity index (χ0n) is 16.0.